The van der Waals surface area contributed by atoms with Gasteiger partial charge in [-0.15, -0.1) is 0 Å². The third-order valence-electron chi connectivity index (χ3n) is 3.52. The van der Waals surface area contributed by atoms with Crippen molar-refractivity contribution in [2.24, 2.45) is 5.73 Å². The van der Waals surface area contributed by atoms with Crippen LogP contribution in [0.3, 0.4) is 0 Å². The molecule has 0 aliphatic heterocycles. The molecule has 138 valence electrons. The van der Waals surface area contributed by atoms with Crippen molar-refractivity contribution in [2.75, 3.05) is 11.9 Å². The summed E-state index contributed by atoms with van der Waals surface area (Å²) in [5.74, 6) is 0.665. The molecule has 2 aromatic carbocycles. The van der Waals surface area contributed by atoms with Crippen LogP contribution in [-0.2, 0) is 16.0 Å². The third kappa shape index (κ3) is 6.12. The Morgan fingerprint density at radius 3 is 2.31 bits per heavy atom. The van der Waals surface area contributed by atoms with E-state index in [1.807, 2.05) is 39.0 Å². The van der Waals surface area contributed by atoms with Crippen LogP contribution in [0.1, 0.15) is 25.0 Å². The molecule has 26 heavy (non-hydrogen) atoms. The van der Waals surface area contributed by atoms with Gasteiger partial charge in [-0.3, -0.25) is 9.59 Å². The molecular formula is C20H24N2O4. The Labute approximate surface area is 153 Å². The van der Waals surface area contributed by atoms with Crippen LogP contribution in [0.2, 0.25) is 0 Å². The molecule has 0 fully saturated rings. The van der Waals surface area contributed by atoms with Crippen LogP contribution in [0, 0.1) is 6.92 Å². The van der Waals surface area contributed by atoms with Gasteiger partial charge in [0, 0.05) is 5.69 Å². The van der Waals surface area contributed by atoms with E-state index in [9.17, 15) is 9.59 Å². The molecule has 0 aliphatic rings. The van der Waals surface area contributed by atoms with E-state index in [0.717, 1.165) is 16.9 Å². The van der Waals surface area contributed by atoms with Crippen molar-refractivity contribution in [3.8, 4) is 11.5 Å². The summed E-state index contributed by atoms with van der Waals surface area (Å²) < 4.78 is 11.1. The van der Waals surface area contributed by atoms with Crippen LogP contribution in [0.15, 0.2) is 42.5 Å². The van der Waals surface area contributed by atoms with Crippen molar-refractivity contribution >= 4 is 17.5 Å². The van der Waals surface area contributed by atoms with E-state index in [-0.39, 0.29) is 25.0 Å². The number of nitrogens with two attached hydrogens (primary N) is 1. The molecule has 0 atom stereocenters. The van der Waals surface area contributed by atoms with Crippen LogP contribution in [0.4, 0.5) is 5.69 Å². The highest BCUT2D eigenvalue weighted by atomic mass is 16.5. The topological polar surface area (TPSA) is 90.7 Å². The fourth-order valence-electron chi connectivity index (χ4n) is 2.36. The van der Waals surface area contributed by atoms with Crippen LogP contribution < -0.4 is 20.5 Å². The van der Waals surface area contributed by atoms with Gasteiger partial charge in [0.25, 0.3) is 5.91 Å². The van der Waals surface area contributed by atoms with Crippen LogP contribution in [-0.4, -0.2) is 24.5 Å². The van der Waals surface area contributed by atoms with Crippen molar-refractivity contribution in [2.45, 2.75) is 33.3 Å². The number of ether oxygens (including phenoxy) is 2. The number of hydrogen-bond acceptors (Lipinski definition) is 4. The third-order valence-corrected chi connectivity index (χ3v) is 3.52. The second-order valence-electron chi connectivity index (χ2n) is 6.27. The molecule has 6 heteroatoms. The summed E-state index contributed by atoms with van der Waals surface area (Å²) in [6.45, 7) is 5.71. The normalized spacial score (nSPS) is 10.5. The molecule has 0 aromatic heterocycles. The average molecular weight is 356 g/mol. The van der Waals surface area contributed by atoms with Crippen molar-refractivity contribution in [3.63, 3.8) is 0 Å². The number of carbonyl (C=O) groups is 2. The van der Waals surface area contributed by atoms with E-state index in [4.69, 9.17) is 15.2 Å². The number of carbonyl (C=O) groups excluding carboxylic acids is 2. The maximum Gasteiger partial charge on any atom is 0.262 e. The lowest BCUT2D eigenvalue weighted by Crippen LogP contribution is -2.20. The number of hydrogen-bond donors (Lipinski definition) is 2. The lowest BCUT2D eigenvalue weighted by molar-refractivity contribution is -0.118. The van der Waals surface area contributed by atoms with Gasteiger partial charge in [0.05, 0.1) is 12.5 Å². The van der Waals surface area contributed by atoms with Gasteiger partial charge in [0.1, 0.15) is 11.5 Å². The van der Waals surface area contributed by atoms with Gasteiger partial charge >= 0.3 is 0 Å². The fraction of sp³-hybridized carbons (Fsp3) is 0.300. The van der Waals surface area contributed by atoms with Crippen molar-refractivity contribution in [3.05, 3.63) is 53.6 Å². The van der Waals surface area contributed by atoms with Gasteiger partial charge < -0.3 is 20.5 Å². The second-order valence-corrected chi connectivity index (χ2v) is 6.27. The first-order chi connectivity index (χ1) is 12.3. The van der Waals surface area contributed by atoms with Crippen LogP contribution >= 0.6 is 0 Å². The molecule has 2 aromatic rings. The Kier molecular flexibility index (Phi) is 6.60. The van der Waals surface area contributed by atoms with Gasteiger partial charge in [-0.05, 0) is 62.2 Å². The van der Waals surface area contributed by atoms with Gasteiger partial charge in [-0.1, -0.05) is 12.1 Å². The zero-order chi connectivity index (χ0) is 19.1. The molecule has 2 amide bonds. The number of anilines is 1. The molecule has 0 saturated heterocycles. The largest absolute Gasteiger partial charge is 0.491 e. The van der Waals surface area contributed by atoms with Crippen molar-refractivity contribution in [1.82, 2.24) is 0 Å². The first kappa shape index (κ1) is 19.3. The molecule has 0 unspecified atom stereocenters. The standard InChI is InChI=1S/C20H24N2O4/c1-13(2)26-17-8-9-18(14(3)10-17)22-20(24)12-25-16-6-4-15(5-7-16)11-19(21)23/h4-10,13H,11-12H2,1-3H3,(H2,21,23)(H,22,24). The number of primary amides is 1. The Bertz CT molecular complexity index is 770. The van der Waals surface area contributed by atoms with E-state index < -0.39 is 5.91 Å². The SMILES string of the molecule is Cc1cc(OC(C)C)ccc1NC(=O)COc1ccc(CC(N)=O)cc1. The minimum absolute atomic E-state index is 0.0950. The minimum Gasteiger partial charge on any atom is -0.491 e. The van der Waals surface area contributed by atoms with E-state index in [2.05, 4.69) is 5.32 Å². The Morgan fingerprint density at radius 2 is 1.73 bits per heavy atom. The molecular weight excluding hydrogens is 332 g/mol. The highest BCUT2D eigenvalue weighted by molar-refractivity contribution is 5.92. The summed E-state index contributed by atoms with van der Waals surface area (Å²) in [5.41, 5.74) is 7.57. The zero-order valence-corrected chi connectivity index (χ0v) is 15.2. The lowest BCUT2D eigenvalue weighted by Gasteiger charge is -2.13. The number of amides is 2. The van der Waals surface area contributed by atoms with E-state index in [1.165, 1.54) is 0 Å². The quantitative estimate of drug-likeness (QED) is 0.761. The maximum absolute atomic E-state index is 12.1. The molecule has 0 spiro atoms. The number of benzene rings is 2. The first-order valence-electron chi connectivity index (χ1n) is 8.40. The molecule has 0 heterocycles. The smallest absolute Gasteiger partial charge is 0.262 e. The summed E-state index contributed by atoms with van der Waals surface area (Å²) in [4.78, 5) is 23.0. The van der Waals surface area contributed by atoms with Gasteiger partial charge in [-0.2, -0.15) is 0 Å². The monoisotopic (exact) mass is 356 g/mol. The summed E-state index contributed by atoms with van der Waals surface area (Å²) >= 11 is 0. The van der Waals surface area contributed by atoms with Crippen molar-refractivity contribution < 1.29 is 19.1 Å². The molecule has 3 N–H and O–H groups in total. The predicted molar refractivity (Wildman–Crippen MR) is 100 cm³/mol. The zero-order valence-electron chi connectivity index (χ0n) is 15.2. The van der Waals surface area contributed by atoms with Gasteiger partial charge in [0.15, 0.2) is 6.61 Å². The number of nitrogens with one attached hydrogen (secondary N) is 1. The fourth-order valence-corrected chi connectivity index (χ4v) is 2.36. The lowest BCUT2D eigenvalue weighted by atomic mass is 10.1. The Balaban J connectivity index is 1.87. The molecule has 0 saturated carbocycles. The summed E-state index contributed by atoms with van der Waals surface area (Å²) in [7, 11) is 0. The maximum atomic E-state index is 12.1. The molecule has 0 aliphatic carbocycles. The number of rotatable bonds is 8. The predicted octanol–water partition coefficient (Wildman–Crippen LogP) is 2.83. The molecule has 0 radical (unpaired) electrons. The summed E-state index contributed by atoms with van der Waals surface area (Å²) in [5, 5.41) is 2.82. The Hall–Kier alpha value is -3.02. The van der Waals surface area contributed by atoms with Crippen LogP contribution in [0.25, 0.3) is 0 Å². The van der Waals surface area contributed by atoms with Gasteiger partial charge in [-0.25, -0.2) is 0 Å². The molecule has 2 rings (SSSR count). The number of aryl methyl sites for hydroxylation is 1. The first-order valence-corrected chi connectivity index (χ1v) is 8.40. The van der Waals surface area contributed by atoms with E-state index >= 15 is 0 Å². The highest BCUT2D eigenvalue weighted by Crippen LogP contribution is 2.22. The van der Waals surface area contributed by atoms with E-state index in [1.54, 1.807) is 24.3 Å². The van der Waals surface area contributed by atoms with Crippen molar-refractivity contribution in [1.29, 1.82) is 0 Å². The molecule has 6 nitrogen and oxygen atoms in total. The minimum atomic E-state index is -0.391. The second kappa shape index (κ2) is 8.89. The average Bonchev–Trinajstić information content (AvgIpc) is 2.56. The van der Waals surface area contributed by atoms with Gasteiger partial charge in [0.2, 0.25) is 5.91 Å². The highest BCUT2D eigenvalue weighted by Gasteiger charge is 2.08. The molecule has 0 bridgehead atoms. The van der Waals surface area contributed by atoms with E-state index in [0.29, 0.717) is 11.4 Å². The summed E-state index contributed by atoms with van der Waals surface area (Å²) in [6.07, 6.45) is 0.272. The van der Waals surface area contributed by atoms with Crippen LogP contribution in [0.5, 0.6) is 11.5 Å². The Morgan fingerprint density at radius 1 is 1.08 bits per heavy atom. The summed E-state index contributed by atoms with van der Waals surface area (Å²) in [6, 6.07) is 12.4.